The van der Waals surface area contributed by atoms with Crippen LogP contribution in [0.15, 0.2) is 24.3 Å². The van der Waals surface area contributed by atoms with Crippen LogP contribution in [0.5, 0.6) is 5.75 Å². The summed E-state index contributed by atoms with van der Waals surface area (Å²) in [6.07, 6.45) is 3.56. The Morgan fingerprint density at radius 3 is 2.65 bits per heavy atom. The number of ether oxygens (including phenoxy) is 1. The highest BCUT2D eigenvalue weighted by atomic mass is 16.5. The van der Waals surface area contributed by atoms with Gasteiger partial charge in [-0.1, -0.05) is 31.9 Å². The summed E-state index contributed by atoms with van der Waals surface area (Å²) in [5.74, 6) is 1.01. The van der Waals surface area contributed by atoms with E-state index in [0.29, 0.717) is 0 Å². The zero-order valence-electron chi connectivity index (χ0n) is 14.9. The molecule has 4 nitrogen and oxygen atoms in total. The van der Waals surface area contributed by atoms with Crippen LogP contribution >= 0.6 is 0 Å². The van der Waals surface area contributed by atoms with Crippen LogP contribution in [0, 0.1) is 13.8 Å². The number of benzene rings is 1. The molecule has 0 amide bonds. The van der Waals surface area contributed by atoms with E-state index < -0.39 is 0 Å². The van der Waals surface area contributed by atoms with Crippen LogP contribution in [0.25, 0.3) is 0 Å². The van der Waals surface area contributed by atoms with E-state index in [1.54, 1.807) is 0 Å². The van der Waals surface area contributed by atoms with E-state index in [0.717, 1.165) is 37.6 Å². The van der Waals surface area contributed by atoms with Crippen molar-refractivity contribution in [3.63, 3.8) is 0 Å². The quantitative estimate of drug-likeness (QED) is 0.713. The van der Waals surface area contributed by atoms with E-state index in [-0.39, 0.29) is 0 Å². The molecule has 0 atom stereocenters. The Bertz CT molecular complexity index is 619. The molecule has 1 aromatic carbocycles. The molecular weight excluding hydrogens is 286 g/mol. The van der Waals surface area contributed by atoms with Crippen molar-refractivity contribution in [2.75, 3.05) is 6.61 Å². The number of rotatable bonds is 9. The smallest absolute Gasteiger partial charge is 0.124 e. The number of unbranched alkanes of at least 4 members (excludes halogenated alkanes) is 2. The summed E-state index contributed by atoms with van der Waals surface area (Å²) < 4.78 is 7.92. The molecule has 2 rings (SSSR count). The lowest BCUT2D eigenvalue weighted by Crippen LogP contribution is -2.16. The SMILES string of the molecule is CCCCCOc1cc(C)ccc1CNCc1cc(C)nn1C. The normalized spacial score (nSPS) is 11.0. The Labute approximate surface area is 139 Å². The Kier molecular flexibility index (Phi) is 6.66. The third-order valence-electron chi connectivity index (χ3n) is 3.95. The van der Waals surface area contributed by atoms with Crippen LogP contribution < -0.4 is 10.1 Å². The van der Waals surface area contributed by atoms with Gasteiger partial charge in [-0.25, -0.2) is 0 Å². The third kappa shape index (κ3) is 5.39. The van der Waals surface area contributed by atoms with Gasteiger partial charge in [0.2, 0.25) is 0 Å². The summed E-state index contributed by atoms with van der Waals surface area (Å²) in [5, 5.41) is 7.87. The molecular formula is C19H29N3O. The van der Waals surface area contributed by atoms with Crippen molar-refractivity contribution in [1.82, 2.24) is 15.1 Å². The maximum Gasteiger partial charge on any atom is 0.124 e. The minimum atomic E-state index is 0.797. The highest BCUT2D eigenvalue weighted by Crippen LogP contribution is 2.21. The van der Waals surface area contributed by atoms with E-state index in [1.807, 2.05) is 18.7 Å². The molecule has 0 spiro atoms. The van der Waals surface area contributed by atoms with Gasteiger partial charge in [-0.15, -0.1) is 0 Å². The van der Waals surface area contributed by atoms with Crippen molar-refractivity contribution in [2.45, 2.75) is 53.1 Å². The largest absolute Gasteiger partial charge is 0.493 e. The van der Waals surface area contributed by atoms with Crippen LogP contribution in [0.1, 0.15) is 48.7 Å². The van der Waals surface area contributed by atoms with Crippen molar-refractivity contribution in [1.29, 1.82) is 0 Å². The molecule has 23 heavy (non-hydrogen) atoms. The zero-order chi connectivity index (χ0) is 16.7. The monoisotopic (exact) mass is 315 g/mol. The molecule has 1 heterocycles. The zero-order valence-corrected chi connectivity index (χ0v) is 14.9. The lowest BCUT2D eigenvalue weighted by atomic mass is 10.1. The molecule has 0 aliphatic carbocycles. The van der Waals surface area contributed by atoms with Crippen LogP contribution in [-0.2, 0) is 20.1 Å². The fourth-order valence-corrected chi connectivity index (χ4v) is 2.63. The van der Waals surface area contributed by atoms with Gasteiger partial charge in [-0.2, -0.15) is 5.10 Å². The topological polar surface area (TPSA) is 39.1 Å². The number of nitrogens with zero attached hydrogens (tertiary/aromatic N) is 2. The summed E-state index contributed by atoms with van der Waals surface area (Å²) in [4.78, 5) is 0. The second-order valence-electron chi connectivity index (χ2n) is 6.17. The molecule has 0 saturated heterocycles. The van der Waals surface area contributed by atoms with E-state index in [2.05, 4.69) is 48.5 Å². The predicted octanol–water partition coefficient (Wildman–Crippen LogP) is 3.90. The molecule has 4 heteroatoms. The number of hydrogen-bond donors (Lipinski definition) is 1. The molecule has 1 N–H and O–H groups in total. The molecule has 0 aliphatic rings. The molecule has 0 fully saturated rings. The van der Waals surface area contributed by atoms with Crippen LogP contribution in [-0.4, -0.2) is 16.4 Å². The summed E-state index contributed by atoms with van der Waals surface area (Å²) in [5.41, 5.74) is 4.70. The van der Waals surface area contributed by atoms with Gasteiger partial charge in [-0.05, 0) is 38.0 Å². The first-order chi connectivity index (χ1) is 11.1. The lowest BCUT2D eigenvalue weighted by Gasteiger charge is -2.13. The van der Waals surface area contributed by atoms with E-state index in [9.17, 15) is 0 Å². The fraction of sp³-hybridized carbons (Fsp3) is 0.526. The maximum atomic E-state index is 5.99. The molecule has 2 aromatic rings. The Balaban J connectivity index is 1.91. The van der Waals surface area contributed by atoms with Gasteiger partial charge in [0, 0.05) is 25.7 Å². The van der Waals surface area contributed by atoms with Crippen LogP contribution in [0.3, 0.4) is 0 Å². The van der Waals surface area contributed by atoms with Crippen molar-refractivity contribution in [3.05, 3.63) is 46.8 Å². The van der Waals surface area contributed by atoms with Crippen molar-refractivity contribution in [2.24, 2.45) is 7.05 Å². The second-order valence-corrected chi connectivity index (χ2v) is 6.17. The van der Waals surface area contributed by atoms with Gasteiger partial charge in [0.05, 0.1) is 18.0 Å². The molecule has 0 unspecified atom stereocenters. The minimum Gasteiger partial charge on any atom is -0.493 e. The molecule has 0 radical (unpaired) electrons. The highest BCUT2D eigenvalue weighted by Gasteiger charge is 2.06. The van der Waals surface area contributed by atoms with Gasteiger partial charge in [0.1, 0.15) is 5.75 Å². The van der Waals surface area contributed by atoms with E-state index >= 15 is 0 Å². The van der Waals surface area contributed by atoms with Crippen molar-refractivity contribution < 1.29 is 4.74 Å². The Hall–Kier alpha value is -1.81. The predicted molar refractivity (Wildman–Crippen MR) is 94.7 cm³/mol. The van der Waals surface area contributed by atoms with E-state index in [1.165, 1.54) is 29.7 Å². The maximum absolute atomic E-state index is 5.99. The van der Waals surface area contributed by atoms with Gasteiger partial charge in [0.25, 0.3) is 0 Å². The van der Waals surface area contributed by atoms with E-state index in [4.69, 9.17) is 4.74 Å². The van der Waals surface area contributed by atoms with Gasteiger partial charge in [-0.3, -0.25) is 4.68 Å². The number of aromatic nitrogens is 2. The number of hydrogen-bond acceptors (Lipinski definition) is 3. The van der Waals surface area contributed by atoms with Crippen molar-refractivity contribution >= 4 is 0 Å². The molecule has 1 aromatic heterocycles. The molecule has 126 valence electrons. The molecule has 0 saturated carbocycles. The van der Waals surface area contributed by atoms with Gasteiger partial charge >= 0.3 is 0 Å². The van der Waals surface area contributed by atoms with Crippen LogP contribution in [0.4, 0.5) is 0 Å². The lowest BCUT2D eigenvalue weighted by molar-refractivity contribution is 0.302. The highest BCUT2D eigenvalue weighted by molar-refractivity contribution is 5.37. The third-order valence-corrected chi connectivity index (χ3v) is 3.95. The summed E-state index contributed by atoms with van der Waals surface area (Å²) in [6.45, 7) is 8.74. The average molecular weight is 315 g/mol. The number of aryl methyl sites for hydroxylation is 3. The average Bonchev–Trinajstić information content (AvgIpc) is 2.83. The molecule has 0 aliphatic heterocycles. The summed E-state index contributed by atoms with van der Waals surface area (Å²) in [6, 6.07) is 8.55. The Morgan fingerprint density at radius 1 is 1.13 bits per heavy atom. The van der Waals surface area contributed by atoms with Gasteiger partial charge in [0.15, 0.2) is 0 Å². The van der Waals surface area contributed by atoms with Crippen LogP contribution in [0.2, 0.25) is 0 Å². The number of nitrogens with one attached hydrogen (secondary N) is 1. The first kappa shape index (κ1) is 17.5. The fourth-order valence-electron chi connectivity index (χ4n) is 2.63. The standard InChI is InChI=1S/C19H29N3O/c1-5-6-7-10-23-19-11-15(2)8-9-17(19)13-20-14-18-12-16(3)21-22(18)4/h8-9,11-12,20H,5-7,10,13-14H2,1-4H3. The minimum absolute atomic E-state index is 0.797. The first-order valence-electron chi connectivity index (χ1n) is 8.52. The summed E-state index contributed by atoms with van der Waals surface area (Å²) in [7, 11) is 1.98. The second kappa shape index (κ2) is 8.73. The van der Waals surface area contributed by atoms with Crippen molar-refractivity contribution in [3.8, 4) is 5.75 Å². The van der Waals surface area contributed by atoms with Gasteiger partial charge < -0.3 is 10.1 Å². The summed E-state index contributed by atoms with van der Waals surface area (Å²) >= 11 is 0. The molecule has 0 bridgehead atoms. The first-order valence-corrected chi connectivity index (χ1v) is 8.52. The Morgan fingerprint density at radius 2 is 1.96 bits per heavy atom.